The van der Waals surface area contributed by atoms with Crippen molar-refractivity contribution < 1.29 is 18.4 Å². The monoisotopic (exact) mass is 280 g/mol. The molecule has 1 aromatic carbocycles. The number of hydrogen-bond acceptors (Lipinski definition) is 4. The lowest BCUT2D eigenvalue weighted by Crippen LogP contribution is -2.26. The van der Waals surface area contributed by atoms with E-state index in [1.54, 1.807) is 0 Å². The third-order valence-corrected chi connectivity index (χ3v) is 3.82. The van der Waals surface area contributed by atoms with Crippen LogP contribution in [0.5, 0.6) is 0 Å². The Morgan fingerprint density at radius 1 is 1.16 bits per heavy atom. The first-order valence-corrected chi connectivity index (χ1v) is 7.77. The Kier molecular flexibility index (Phi) is 9.08. The normalized spacial score (nSPS) is 9.05. The molecule has 0 heterocycles. The summed E-state index contributed by atoms with van der Waals surface area (Å²) in [6.07, 6.45) is 1.83. The summed E-state index contributed by atoms with van der Waals surface area (Å²) in [5.41, 5.74) is 1.17. The van der Waals surface area contributed by atoms with Gasteiger partial charge < -0.3 is 8.85 Å². The number of rotatable bonds is 4. The third-order valence-electron chi connectivity index (χ3n) is 1.96. The second kappa shape index (κ2) is 10.1. The van der Waals surface area contributed by atoms with Crippen LogP contribution in [0.3, 0.4) is 0 Å². The summed E-state index contributed by atoms with van der Waals surface area (Å²) in [7, 11) is -2.03. The van der Waals surface area contributed by atoms with Gasteiger partial charge in [-0.3, -0.25) is 9.59 Å². The largest absolute Gasteiger partial charge is 0.487 e. The maximum atomic E-state index is 10.4. The molecule has 1 rings (SSSR count). The van der Waals surface area contributed by atoms with Gasteiger partial charge in [-0.05, 0) is 5.56 Å². The van der Waals surface area contributed by atoms with E-state index in [-0.39, 0.29) is 11.9 Å². The molecule has 0 aromatic heterocycles. The summed E-state index contributed by atoms with van der Waals surface area (Å²) in [6.45, 7) is 8.06. The molecule has 0 amide bonds. The lowest BCUT2D eigenvalue weighted by Gasteiger charge is -2.11. The second-order valence-electron chi connectivity index (χ2n) is 3.67. The van der Waals surface area contributed by atoms with Gasteiger partial charge in [0.15, 0.2) is 0 Å². The van der Waals surface area contributed by atoms with Crippen LogP contribution in [0.4, 0.5) is 0 Å². The van der Waals surface area contributed by atoms with Crippen LogP contribution in [0.25, 0.3) is 6.08 Å². The Bertz CT molecular complexity index is 387. The number of carbonyl (C=O) groups is 2. The predicted octanol–water partition coefficient (Wildman–Crippen LogP) is 2.68. The van der Waals surface area contributed by atoms with Gasteiger partial charge in [-0.25, -0.2) is 0 Å². The Morgan fingerprint density at radius 3 is 1.89 bits per heavy atom. The van der Waals surface area contributed by atoms with Crippen molar-refractivity contribution in [2.75, 3.05) is 0 Å². The van der Waals surface area contributed by atoms with E-state index in [0.717, 1.165) is 0 Å². The van der Waals surface area contributed by atoms with Crippen LogP contribution in [-0.4, -0.2) is 21.2 Å². The Labute approximate surface area is 115 Å². The van der Waals surface area contributed by atoms with Crippen molar-refractivity contribution in [1.82, 2.24) is 0 Å². The van der Waals surface area contributed by atoms with E-state index in [1.165, 1.54) is 19.4 Å². The topological polar surface area (TPSA) is 52.6 Å². The highest BCUT2D eigenvalue weighted by Gasteiger charge is 2.16. The molecule has 0 aliphatic heterocycles. The van der Waals surface area contributed by atoms with Crippen LogP contribution in [0.2, 0.25) is 6.04 Å². The molecule has 0 aliphatic rings. The molecule has 19 heavy (non-hydrogen) atoms. The molecule has 1 aromatic rings. The van der Waals surface area contributed by atoms with Gasteiger partial charge >= 0.3 is 9.28 Å². The molecule has 0 radical (unpaired) electrons. The summed E-state index contributed by atoms with van der Waals surface area (Å²) in [5.74, 6) is -0.769. The maximum absolute atomic E-state index is 10.4. The third kappa shape index (κ3) is 9.79. The van der Waals surface area contributed by atoms with Gasteiger partial charge in [-0.2, -0.15) is 0 Å². The van der Waals surface area contributed by atoms with Crippen molar-refractivity contribution in [3.05, 3.63) is 42.5 Å². The molecule has 0 unspecified atom stereocenters. The Balaban J connectivity index is 0.000000356. The SMILES string of the molecule is C=Cc1ccccc1.CC[SiH](OC(C)=O)OC(C)=O. The zero-order valence-electron chi connectivity index (χ0n) is 11.6. The van der Waals surface area contributed by atoms with Crippen LogP contribution in [0.15, 0.2) is 36.9 Å². The van der Waals surface area contributed by atoms with Crippen molar-refractivity contribution in [2.24, 2.45) is 0 Å². The van der Waals surface area contributed by atoms with Crippen molar-refractivity contribution in [1.29, 1.82) is 0 Å². The van der Waals surface area contributed by atoms with E-state index in [0.29, 0.717) is 6.04 Å². The Hall–Kier alpha value is -1.88. The first-order valence-electron chi connectivity index (χ1n) is 6.01. The molecule has 0 aliphatic carbocycles. The molecule has 5 heteroatoms. The molecule has 0 N–H and O–H groups in total. The number of hydrogen-bond donors (Lipinski definition) is 0. The van der Waals surface area contributed by atoms with E-state index < -0.39 is 9.28 Å². The minimum absolute atomic E-state index is 0.384. The summed E-state index contributed by atoms with van der Waals surface area (Å²) < 4.78 is 9.53. The van der Waals surface area contributed by atoms with Crippen molar-refractivity contribution in [3.8, 4) is 0 Å². The number of benzene rings is 1. The standard InChI is InChI=1S/C8H8.C6H12O4Si/c1-2-8-6-4-3-5-7-8;1-4-11(9-5(2)7)10-6(3)8/h2-7H,1H2;11H,4H2,1-3H3. The molecule has 0 saturated heterocycles. The highest BCUT2D eigenvalue weighted by Crippen LogP contribution is 1.97. The van der Waals surface area contributed by atoms with Crippen LogP contribution in [0.1, 0.15) is 26.3 Å². The zero-order valence-corrected chi connectivity index (χ0v) is 12.7. The van der Waals surface area contributed by atoms with E-state index in [2.05, 4.69) is 6.58 Å². The first-order chi connectivity index (χ1) is 8.99. The second-order valence-corrected chi connectivity index (χ2v) is 5.82. The van der Waals surface area contributed by atoms with Gasteiger partial charge in [0.2, 0.25) is 0 Å². The molecule has 0 fully saturated rings. The fourth-order valence-electron chi connectivity index (χ4n) is 1.15. The number of carbonyl (C=O) groups excluding carboxylic acids is 2. The van der Waals surface area contributed by atoms with Gasteiger partial charge in [0, 0.05) is 19.9 Å². The molecule has 104 valence electrons. The van der Waals surface area contributed by atoms with Gasteiger partial charge in [0.05, 0.1) is 0 Å². The van der Waals surface area contributed by atoms with Crippen LogP contribution < -0.4 is 0 Å². The van der Waals surface area contributed by atoms with E-state index in [4.69, 9.17) is 8.85 Å². The smallest absolute Gasteiger partial charge is 0.447 e. The fourth-order valence-corrected chi connectivity index (χ4v) is 2.27. The molecule has 4 nitrogen and oxygen atoms in total. The molecular formula is C14H20O4Si. The Morgan fingerprint density at radius 2 is 1.63 bits per heavy atom. The summed E-state index contributed by atoms with van der Waals surface area (Å²) in [5, 5.41) is 0. The summed E-state index contributed by atoms with van der Waals surface area (Å²) in [6, 6.07) is 10.6. The van der Waals surface area contributed by atoms with Gasteiger partial charge in [-0.15, -0.1) is 0 Å². The molecule has 0 atom stereocenters. The highest BCUT2D eigenvalue weighted by atomic mass is 28.3. The van der Waals surface area contributed by atoms with E-state index in [9.17, 15) is 9.59 Å². The average molecular weight is 280 g/mol. The predicted molar refractivity (Wildman–Crippen MR) is 77.7 cm³/mol. The van der Waals surface area contributed by atoms with E-state index >= 15 is 0 Å². The minimum atomic E-state index is -2.03. The van der Waals surface area contributed by atoms with Crippen molar-refractivity contribution >= 4 is 27.3 Å². The molecule has 0 spiro atoms. The van der Waals surface area contributed by atoms with Crippen molar-refractivity contribution in [2.45, 2.75) is 26.8 Å². The average Bonchev–Trinajstić information content (AvgIpc) is 2.38. The lowest BCUT2D eigenvalue weighted by molar-refractivity contribution is -0.137. The summed E-state index contributed by atoms with van der Waals surface area (Å²) >= 11 is 0. The van der Waals surface area contributed by atoms with Gasteiger partial charge in [0.25, 0.3) is 11.9 Å². The lowest BCUT2D eigenvalue weighted by atomic mass is 10.2. The van der Waals surface area contributed by atoms with Gasteiger partial charge in [0.1, 0.15) is 0 Å². The van der Waals surface area contributed by atoms with Crippen LogP contribution in [0, 0.1) is 0 Å². The quantitative estimate of drug-likeness (QED) is 0.796. The van der Waals surface area contributed by atoms with Gasteiger partial charge in [-0.1, -0.05) is 49.9 Å². The van der Waals surface area contributed by atoms with Crippen LogP contribution >= 0.6 is 0 Å². The molecule has 0 bridgehead atoms. The highest BCUT2D eigenvalue weighted by molar-refractivity contribution is 6.48. The minimum Gasteiger partial charge on any atom is -0.487 e. The van der Waals surface area contributed by atoms with E-state index in [1.807, 2.05) is 43.3 Å². The molecule has 0 saturated carbocycles. The first kappa shape index (κ1) is 17.1. The fraction of sp³-hybridized carbons (Fsp3) is 0.286. The maximum Gasteiger partial charge on any atom is 0.447 e. The zero-order chi connectivity index (χ0) is 14.7. The molecular weight excluding hydrogens is 260 g/mol. The summed E-state index contributed by atoms with van der Waals surface area (Å²) in [4.78, 5) is 20.8. The van der Waals surface area contributed by atoms with Crippen molar-refractivity contribution in [3.63, 3.8) is 0 Å². The van der Waals surface area contributed by atoms with Crippen LogP contribution in [-0.2, 0) is 18.4 Å².